The highest BCUT2D eigenvalue weighted by Crippen LogP contribution is 2.47. The molecule has 2 aliphatic rings. The van der Waals surface area contributed by atoms with Gasteiger partial charge < -0.3 is 20.3 Å². The van der Waals surface area contributed by atoms with Crippen LogP contribution in [0.5, 0.6) is 11.5 Å². The zero-order valence-corrected chi connectivity index (χ0v) is 22.5. The lowest BCUT2D eigenvalue weighted by atomic mass is 9.88. The van der Waals surface area contributed by atoms with Gasteiger partial charge in [0.15, 0.2) is 11.5 Å². The maximum Gasteiger partial charge on any atom is 0.263 e. The van der Waals surface area contributed by atoms with Crippen LogP contribution in [-0.4, -0.2) is 45.3 Å². The number of nitrogens with two attached hydrogens (primary N) is 1. The second-order valence-electron chi connectivity index (χ2n) is 10.8. The van der Waals surface area contributed by atoms with E-state index in [1.165, 1.54) is 44.4 Å². The van der Waals surface area contributed by atoms with Crippen LogP contribution in [0.25, 0.3) is 22.2 Å². The van der Waals surface area contributed by atoms with E-state index >= 15 is 4.39 Å². The van der Waals surface area contributed by atoms with Crippen molar-refractivity contribution in [1.82, 2.24) is 14.8 Å². The molecule has 3 N–H and O–H groups in total. The van der Waals surface area contributed by atoms with Crippen LogP contribution in [0, 0.1) is 5.82 Å². The molecule has 6 rings (SSSR count). The Kier molecular flexibility index (Phi) is 6.29. The van der Waals surface area contributed by atoms with Crippen LogP contribution in [0.2, 0.25) is 0 Å². The molecule has 2 aromatic carbocycles. The molecular weight excluding hydrogens is 534 g/mol. The topological polar surface area (TPSA) is 130 Å². The first kappa shape index (κ1) is 26.8. The number of nitrogens with zero attached hydrogens (tertiary/aromatic N) is 3. The zero-order chi connectivity index (χ0) is 29.1. The Bertz CT molecular complexity index is 1700. The number of halogens is 2. The van der Waals surface area contributed by atoms with Gasteiger partial charge in [-0.3, -0.25) is 14.3 Å². The fourth-order valence-electron chi connectivity index (χ4n) is 5.10. The molecule has 2 atom stereocenters. The summed E-state index contributed by atoms with van der Waals surface area (Å²) in [5.41, 5.74) is 2.42. The molecule has 4 aromatic rings. The lowest BCUT2D eigenvalue weighted by Gasteiger charge is -2.25. The molecule has 3 heterocycles. The van der Waals surface area contributed by atoms with Crippen molar-refractivity contribution in [3.05, 3.63) is 71.3 Å². The molecular formula is C30H28F2N4O5. The largest absolute Gasteiger partial charge is 0.494 e. The second kappa shape index (κ2) is 9.62. The van der Waals surface area contributed by atoms with Gasteiger partial charge in [-0.05, 0) is 68.7 Å². The number of benzene rings is 2. The van der Waals surface area contributed by atoms with Crippen molar-refractivity contribution in [2.45, 2.75) is 49.9 Å². The summed E-state index contributed by atoms with van der Waals surface area (Å²) in [6.07, 6.45) is 3.88. The van der Waals surface area contributed by atoms with Crippen LogP contribution in [0.1, 0.15) is 60.3 Å². The van der Waals surface area contributed by atoms with Crippen molar-refractivity contribution in [3.63, 3.8) is 0 Å². The van der Waals surface area contributed by atoms with E-state index in [-0.39, 0.29) is 41.3 Å². The summed E-state index contributed by atoms with van der Waals surface area (Å²) in [5, 5.41) is 16.9. The van der Waals surface area contributed by atoms with E-state index in [4.69, 9.17) is 15.2 Å². The number of alkyl halides is 1. The molecule has 1 saturated carbocycles. The molecule has 11 heteroatoms. The average Bonchev–Trinajstić information content (AvgIpc) is 3.62. The quantitative estimate of drug-likeness (QED) is 0.288. The minimum absolute atomic E-state index is 0.0101. The van der Waals surface area contributed by atoms with Gasteiger partial charge in [0.25, 0.3) is 11.6 Å². The fourth-order valence-corrected chi connectivity index (χ4v) is 5.10. The zero-order valence-electron chi connectivity index (χ0n) is 22.5. The predicted molar refractivity (Wildman–Crippen MR) is 145 cm³/mol. The molecule has 9 nitrogen and oxygen atoms in total. The molecule has 1 unspecified atom stereocenters. The SMILES string of the molecule is COc1cc(C(=O)CC[C@](C)(O)c2cc3c(c(-c4ccc(F)cc4)n2)OCC3(F)C(N)=O)cc2cn(C3CC3)nc12. The van der Waals surface area contributed by atoms with Gasteiger partial charge in [0.1, 0.15) is 35.0 Å². The maximum atomic E-state index is 15.7. The molecule has 1 aliphatic carbocycles. The van der Waals surface area contributed by atoms with Gasteiger partial charge in [-0.1, -0.05) is 0 Å². The summed E-state index contributed by atoms with van der Waals surface area (Å²) >= 11 is 0. The molecule has 1 amide bonds. The van der Waals surface area contributed by atoms with E-state index in [2.05, 4.69) is 10.1 Å². The van der Waals surface area contributed by atoms with E-state index in [1.807, 2.05) is 10.9 Å². The minimum Gasteiger partial charge on any atom is -0.494 e. The summed E-state index contributed by atoms with van der Waals surface area (Å²) in [4.78, 5) is 29.9. The first-order chi connectivity index (χ1) is 19.5. The van der Waals surface area contributed by atoms with E-state index in [0.717, 1.165) is 18.2 Å². The van der Waals surface area contributed by atoms with Crippen molar-refractivity contribution < 1.29 is 33.0 Å². The lowest BCUT2D eigenvalue weighted by molar-refractivity contribution is -0.130. The fraction of sp³-hybridized carbons (Fsp3) is 0.333. The minimum atomic E-state index is -2.65. The van der Waals surface area contributed by atoms with Crippen LogP contribution in [-0.2, 0) is 16.1 Å². The van der Waals surface area contributed by atoms with Crippen LogP contribution < -0.4 is 15.2 Å². The summed E-state index contributed by atoms with van der Waals surface area (Å²) < 4.78 is 42.2. The standard InChI is InChI=1S/C30H28F2N4O5/c1-29(39,10-9-22(37)17-11-18-14-36(20-7-8-20)35-25(18)23(12-17)40-2)24-13-21-27(41-15-30(21,32)28(33)38)26(34-24)16-3-5-19(31)6-4-16/h3-6,11-14,20,39H,7-10,15H2,1-2H3,(H2,33,38)/t29-,30?/m0/s1. The third-order valence-electron chi connectivity index (χ3n) is 7.77. The maximum absolute atomic E-state index is 15.7. The summed E-state index contributed by atoms with van der Waals surface area (Å²) in [5.74, 6) is -1.51. The number of aromatic nitrogens is 3. The van der Waals surface area contributed by atoms with Crippen LogP contribution in [0.15, 0.2) is 48.7 Å². The Labute approximate surface area is 233 Å². The van der Waals surface area contributed by atoms with Gasteiger partial charge in [-0.25, -0.2) is 13.8 Å². The molecule has 41 heavy (non-hydrogen) atoms. The number of hydrogen-bond donors (Lipinski definition) is 2. The average molecular weight is 563 g/mol. The molecule has 0 bridgehead atoms. The second-order valence-corrected chi connectivity index (χ2v) is 10.8. The first-order valence-corrected chi connectivity index (χ1v) is 13.3. The van der Waals surface area contributed by atoms with E-state index in [0.29, 0.717) is 28.4 Å². The van der Waals surface area contributed by atoms with Gasteiger partial charge in [0.2, 0.25) is 0 Å². The number of aliphatic hydroxyl groups is 1. The van der Waals surface area contributed by atoms with Crippen molar-refractivity contribution in [1.29, 1.82) is 0 Å². The van der Waals surface area contributed by atoms with E-state index in [9.17, 15) is 19.1 Å². The number of Topliss-reactive ketones (excluding diaryl/α,β-unsaturated/α-hetero) is 1. The molecule has 2 aromatic heterocycles. The van der Waals surface area contributed by atoms with E-state index < -0.39 is 29.6 Å². The Morgan fingerprint density at radius 1 is 1.24 bits per heavy atom. The summed E-state index contributed by atoms with van der Waals surface area (Å²) in [6.45, 7) is 0.798. The third-order valence-corrected chi connectivity index (χ3v) is 7.77. The van der Waals surface area contributed by atoms with Crippen molar-refractivity contribution in [3.8, 4) is 22.8 Å². The number of primary amides is 1. The van der Waals surface area contributed by atoms with Crippen molar-refractivity contribution in [2.24, 2.45) is 5.73 Å². The molecule has 0 radical (unpaired) electrons. The van der Waals surface area contributed by atoms with Crippen molar-refractivity contribution >= 4 is 22.6 Å². The van der Waals surface area contributed by atoms with Gasteiger partial charge in [-0.15, -0.1) is 0 Å². The predicted octanol–water partition coefficient (Wildman–Crippen LogP) is 4.49. The molecule has 1 aliphatic heterocycles. The van der Waals surface area contributed by atoms with Gasteiger partial charge in [0.05, 0.1) is 18.8 Å². The number of ether oxygens (including phenoxy) is 2. The molecule has 0 spiro atoms. The first-order valence-electron chi connectivity index (χ1n) is 13.3. The number of methoxy groups -OCH3 is 1. The Hall–Kier alpha value is -4.38. The number of hydrogen-bond acceptors (Lipinski definition) is 7. The Balaban J connectivity index is 1.32. The summed E-state index contributed by atoms with van der Waals surface area (Å²) in [6, 6.07) is 10.3. The lowest BCUT2D eigenvalue weighted by Crippen LogP contribution is -2.38. The number of carbonyl (C=O) groups excluding carboxylic acids is 2. The highest BCUT2D eigenvalue weighted by atomic mass is 19.1. The molecule has 212 valence electrons. The molecule has 1 fully saturated rings. The normalized spacial score (nSPS) is 19.4. The summed E-state index contributed by atoms with van der Waals surface area (Å²) in [7, 11) is 1.52. The third kappa shape index (κ3) is 4.69. The number of amides is 1. The smallest absolute Gasteiger partial charge is 0.263 e. The van der Waals surface area contributed by atoms with Gasteiger partial charge in [-0.2, -0.15) is 5.10 Å². The number of pyridine rings is 1. The Morgan fingerprint density at radius 2 is 1.98 bits per heavy atom. The molecule has 0 saturated heterocycles. The van der Waals surface area contributed by atoms with Gasteiger partial charge in [0, 0.05) is 34.7 Å². The highest BCUT2D eigenvalue weighted by molar-refractivity contribution is 6.01. The highest BCUT2D eigenvalue weighted by Gasteiger charge is 2.49. The van der Waals surface area contributed by atoms with E-state index in [1.54, 1.807) is 12.1 Å². The Morgan fingerprint density at radius 3 is 2.63 bits per heavy atom. The van der Waals surface area contributed by atoms with Crippen LogP contribution in [0.3, 0.4) is 0 Å². The van der Waals surface area contributed by atoms with Gasteiger partial charge >= 0.3 is 0 Å². The monoisotopic (exact) mass is 562 g/mol. The van der Waals surface area contributed by atoms with Crippen molar-refractivity contribution in [2.75, 3.05) is 13.7 Å². The number of fused-ring (bicyclic) bond motifs is 2. The van der Waals surface area contributed by atoms with Crippen LogP contribution in [0.4, 0.5) is 8.78 Å². The van der Waals surface area contributed by atoms with Crippen LogP contribution >= 0.6 is 0 Å². The number of carbonyl (C=O) groups is 2. The number of rotatable bonds is 9. The number of ketones is 1.